The largest absolute Gasteiger partial charge is 0.422 e. The summed E-state index contributed by atoms with van der Waals surface area (Å²) in [7, 11) is 0. The summed E-state index contributed by atoms with van der Waals surface area (Å²) in [6.07, 6.45) is 1.67. The molecular formula is C12H8N2O2. The number of benzene rings is 1. The van der Waals surface area contributed by atoms with Gasteiger partial charge in [-0.05, 0) is 18.2 Å². The summed E-state index contributed by atoms with van der Waals surface area (Å²) in [6, 6.07) is 10.9. The molecule has 4 heteroatoms. The number of hydrogen-bond acceptors (Lipinski definition) is 3. The number of aromatic nitrogens is 2. The highest BCUT2D eigenvalue weighted by atomic mass is 16.4. The first kappa shape index (κ1) is 8.91. The minimum Gasteiger partial charge on any atom is -0.422 e. The number of H-pyrrole nitrogens is 1. The van der Waals surface area contributed by atoms with Crippen molar-refractivity contribution >= 4 is 11.0 Å². The highest BCUT2D eigenvalue weighted by molar-refractivity contribution is 5.80. The standard InChI is InChI=1S/C12H8N2O2/c15-12-9(10-5-6-13-14-10)7-8-3-1-2-4-11(8)16-12/h1-7H,(H,13,14). The van der Waals surface area contributed by atoms with Gasteiger partial charge in [-0.2, -0.15) is 5.10 Å². The fraction of sp³-hybridized carbons (Fsp3) is 0. The molecule has 0 bridgehead atoms. The predicted molar refractivity (Wildman–Crippen MR) is 60.1 cm³/mol. The van der Waals surface area contributed by atoms with Gasteiger partial charge < -0.3 is 4.42 Å². The maximum Gasteiger partial charge on any atom is 0.345 e. The average molecular weight is 212 g/mol. The van der Waals surface area contributed by atoms with Crippen LogP contribution in [0.25, 0.3) is 22.2 Å². The third-order valence-corrected chi connectivity index (χ3v) is 2.42. The van der Waals surface area contributed by atoms with Crippen molar-refractivity contribution in [3.05, 3.63) is 53.0 Å². The van der Waals surface area contributed by atoms with Crippen LogP contribution in [-0.4, -0.2) is 10.2 Å². The summed E-state index contributed by atoms with van der Waals surface area (Å²) in [5.74, 6) is 0. The maximum atomic E-state index is 11.7. The lowest BCUT2D eigenvalue weighted by atomic mass is 10.1. The molecule has 0 aliphatic heterocycles. The molecule has 16 heavy (non-hydrogen) atoms. The zero-order chi connectivity index (χ0) is 11.0. The number of nitrogens with zero attached hydrogens (tertiary/aromatic N) is 1. The average Bonchev–Trinajstić information content (AvgIpc) is 2.81. The van der Waals surface area contributed by atoms with Crippen molar-refractivity contribution in [3.63, 3.8) is 0 Å². The molecule has 0 fully saturated rings. The smallest absolute Gasteiger partial charge is 0.345 e. The van der Waals surface area contributed by atoms with Crippen molar-refractivity contribution in [1.82, 2.24) is 10.2 Å². The third kappa shape index (κ3) is 1.32. The molecule has 0 aliphatic carbocycles. The monoisotopic (exact) mass is 212 g/mol. The Hall–Kier alpha value is -2.36. The summed E-state index contributed by atoms with van der Waals surface area (Å²) < 4.78 is 5.21. The molecule has 0 aliphatic rings. The van der Waals surface area contributed by atoms with Crippen LogP contribution in [0.2, 0.25) is 0 Å². The molecule has 0 amide bonds. The Balaban J connectivity index is 2.34. The first-order chi connectivity index (χ1) is 7.84. The van der Waals surface area contributed by atoms with Crippen LogP contribution >= 0.6 is 0 Å². The molecule has 2 aromatic heterocycles. The fourth-order valence-electron chi connectivity index (χ4n) is 1.65. The molecule has 0 spiro atoms. The number of aromatic amines is 1. The molecule has 0 saturated carbocycles. The number of hydrogen-bond donors (Lipinski definition) is 1. The van der Waals surface area contributed by atoms with Crippen molar-refractivity contribution in [2.24, 2.45) is 0 Å². The van der Waals surface area contributed by atoms with Crippen molar-refractivity contribution in [2.75, 3.05) is 0 Å². The van der Waals surface area contributed by atoms with E-state index < -0.39 is 0 Å². The fourth-order valence-corrected chi connectivity index (χ4v) is 1.65. The summed E-state index contributed by atoms with van der Waals surface area (Å²) in [5, 5.41) is 7.53. The molecule has 0 unspecified atom stereocenters. The van der Waals surface area contributed by atoms with Gasteiger partial charge in [0, 0.05) is 11.6 Å². The van der Waals surface area contributed by atoms with E-state index >= 15 is 0 Å². The molecule has 78 valence electrons. The Morgan fingerprint density at radius 2 is 2.06 bits per heavy atom. The lowest BCUT2D eigenvalue weighted by Gasteiger charge is -1.98. The van der Waals surface area contributed by atoms with Crippen LogP contribution < -0.4 is 5.63 Å². The van der Waals surface area contributed by atoms with E-state index in [-0.39, 0.29) is 5.63 Å². The summed E-state index contributed by atoms with van der Waals surface area (Å²) in [4.78, 5) is 11.7. The highest BCUT2D eigenvalue weighted by Crippen LogP contribution is 2.18. The molecule has 3 aromatic rings. The van der Waals surface area contributed by atoms with E-state index in [9.17, 15) is 4.79 Å². The van der Waals surface area contributed by atoms with Gasteiger partial charge in [-0.3, -0.25) is 5.10 Å². The Bertz CT molecular complexity index is 684. The van der Waals surface area contributed by atoms with Crippen LogP contribution in [0.15, 0.2) is 51.8 Å². The van der Waals surface area contributed by atoms with Crippen molar-refractivity contribution in [3.8, 4) is 11.3 Å². The lowest BCUT2D eigenvalue weighted by molar-refractivity contribution is 0.563. The van der Waals surface area contributed by atoms with E-state index in [0.29, 0.717) is 16.8 Å². The summed E-state index contributed by atoms with van der Waals surface area (Å²) in [6.45, 7) is 0. The first-order valence-corrected chi connectivity index (χ1v) is 4.87. The van der Waals surface area contributed by atoms with Crippen LogP contribution in [0.4, 0.5) is 0 Å². The number of rotatable bonds is 1. The first-order valence-electron chi connectivity index (χ1n) is 4.87. The molecule has 0 saturated heterocycles. The quantitative estimate of drug-likeness (QED) is 0.629. The van der Waals surface area contributed by atoms with E-state index in [1.165, 1.54) is 0 Å². The number of nitrogens with one attached hydrogen (secondary N) is 1. The lowest BCUT2D eigenvalue weighted by Crippen LogP contribution is -2.02. The molecule has 3 rings (SSSR count). The summed E-state index contributed by atoms with van der Waals surface area (Å²) >= 11 is 0. The summed E-state index contributed by atoms with van der Waals surface area (Å²) in [5.41, 5.74) is 1.29. The number of fused-ring (bicyclic) bond motifs is 1. The van der Waals surface area contributed by atoms with E-state index in [0.717, 1.165) is 5.39 Å². The van der Waals surface area contributed by atoms with Crippen LogP contribution in [-0.2, 0) is 0 Å². The van der Waals surface area contributed by atoms with Gasteiger partial charge in [-0.1, -0.05) is 18.2 Å². The van der Waals surface area contributed by atoms with Crippen LogP contribution in [0.3, 0.4) is 0 Å². The number of para-hydroxylation sites is 1. The molecule has 0 radical (unpaired) electrons. The molecule has 2 heterocycles. The van der Waals surface area contributed by atoms with Gasteiger partial charge in [0.1, 0.15) is 5.58 Å². The van der Waals surface area contributed by atoms with E-state index in [4.69, 9.17) is 4.42 Å². The van der Waals surface area contributed by atoms with E-state index in [1.54, 1.807) is 24.4 Å². The van der Waals surface area contributed by atoms with Crippen LogP contribution in [0.5, 0.6) is 0 Å². The molecule has 1 N–H and O–H groups in total. The van der Waals surface area contributed by atoms with Gasteiger partial charge in [-0.25, -0.2) is 4.79 Å². The Kier molecular flexibility index (Phi) is 1.86. The van der Waals surface area contributed by atoms with Gasteiger partial charge in [0.2, 0.25) is 0 Å². The van der Waals surface area contributed by atoms with E-state index in [1.807, 2.05) is 18.2 Å². The van der Waals surface area contributed by atoms with Crippen LogP contribution in [0.1, 0.15) is 0 Å². The normalized spacial score (nSPS) is 10.8. The third-order valence-electron chi connectivity index (χ3n) is 2.42. The molecule has 4 nitrogen and oxygen atoms in total. The maximum absolute atomic E-state index is 11.7. The minimum absolute atomic E-state index is 0.370. The van der Waals surface area contributed by atoms with Gasteiger partial charge >= 0.3 is 5.63 Å². The van der Waals surface area contributed by atoms with Gasteiger partial charge in [-0.15, -0.1) is 0 Å². The van der Waals surface area contributed by atoms with Crippen LogP contribution in [0, 0.1) is 0 Å². The second-order valence-corrected chi connectivity index (χ2v) is 3.44. The van der Waals surface area contributed by atoms with Crippen molar-refractivity contribution in [2.45, 2.75) is 0 Å². The second-order valence-electron chi connectivity index (χ2n) is 3.44. The second kappa shape index (κ2) is 3.34. The zero-order valence-corrected chi connectivity index (χ0v) is 8.31. The highest BCUT2D eigenvalue weighted by Gasteiger charge is 2.08. The van der Waals surface area contributed by atoms with E-state index in [2.05, 4.69) is 10.2 Å². The van der Waals surface area contributed by atoms with Gasteiger partial charge in [0.25, 0.3) is 0 Å². The topological polar surface area (TPSA) is 58.9 Å². The molecule has 1 aromatic carbocycles. The Labute approximate surface area is 90.5 Å². The Morgan fingerprint density at radius 3 is 2.88 bits per heavy atom. The van der Waals surface area contributed by atoms with Gasteiger partial charge in [0.05, 0.1) is 11.3 Å². The molecular weight excluding hydrogens is 204 g/mol. The Morgan fingerprint density at radius 1 is 1.19 bits per heavy atom. The minimum atomic E-state index is -0.370. The van der Waals surface area contributed by atoms with Crippen molar-refractivity contribution in [1.29, 1.82) is 0 Å². The van der Waals surface area contributed by atoms with Crippen molar-refractivity contribution < 1.29 is 4.42 Å². The molecule has 0 atom stereocenters. The SMILES string of the molecule is O=c1oc2ccccc2cc1-c1cc[nH]n1. The predicted octanol–water partition coefficient (Wildman–Crippen LogP) is 2.18. The van der Waals surface area contributed by atoms with Gasteiger partial charge in [0.15, 0.2) is 0 Å². The zero-order valence-electron chi connectivity index (χ0n) is 8.31.